The van der Waals surface area contributed by atoms with E-state index in [1.54, 1.807) is 31.2 Å². The van der Waals surface area contributed by atoms with Crippen LogP contribution in [0.4, 0.5) is 11.5 Å². The highest BCUT2D eigenvalue weighted by atomic mass is 16.5. The van der Waals surface area contributed by atoms with Gasteiger partial charge < -0.3 is 19.9 Å². The van der Waals surface area contributed by atoms with Crippen LogP contribution in [0.2, 0.25) is 0 Å². The number of amides is 2. The minimum absolute atomic E-state index is 0.0780. The normalized spacial score (nSPS) is 10.6. The number of ether oxygens (including phenoxy) is 1. The van der Waals surface area contributed by atoms with E-state index in [9.17, 15) is 14.4 Å². The second kappa shape index (κ2) is 14.8. The van der Waals surface area contributed by atoms with Crippen LogP contribution in [0.1, 0.15) is 87.3 Å². The van der Waals surface area contributed by atoms with Gasteiger partial charge in [-0.2, -0.15) is 0 Å². The maximum absolute atomic E-state index is 12.2. The molecular weight excluding hydrogens is 422 g/mol. The molecule has 2 aromatic rings. The summed E-state index contributed by atoms with van der Waals surface area (Å²) in [5.74, 6) is -0.450. The molecular formula is C25H35N3O5. The number of esters is 1. The predicted octanol–water partition coefficient (Wildman–Crippen LogP) is 5.64. The number of aryl methyl sites for hydroxylation is 1. The molecule has 1 aromatic heterocycles. The average molecular weight is 458 g/mol. The molecule has 0 unspecified atom stereocenters. The lowest BCUT2D eigenvalue weighted by Crippen LogP contribution is -2.21. The Hall–Kier alpha value is -3.16. The van der Waals surface area contributed by atoms with Crippen molar-refractivity contribution < 1.29 is 23.6 Å². The van der Waals surface area contributed by atoms with Gasteiger partial charge in [-0.15, -0.1) is 0 Å². The largest absolute Gasteiger partial charge is 0.452 e. The molecule has 8 nitrogen and oxygen atoms in total. The fraction of sp³-hybridized carbons (Fsp3) is 0.520. The van der Waals surface area contributed by atoms with Crippen LogP contribution in [0, 0.1) is 6.92 Å². The molecule has 0 radical (unpaired) electrons. The molecule has 2 amide bonds. The summed E-state index contributed by atoms with van der Waals surface area (Å²) in [4.78, 5) is 36.3. The molecule has 1 heterocycles. The number of unbranched alkanes of at least 4 members (excludes halogenated alkanes) is 8. The van der Waals surface area contributed by atoms with Crippen molar-refractivity contribution in [1.29, 1.82) is 0 Å². The Morgan fingerprint density at radius 3 is 2.27 bits per heavy atom. The first-order valence-corrected chi connectivity index (χ1v) is 11.8. The fourth-order valence-electron chi connectivity index (χ4n) is 3.36. The quantitative estimate of drug-likeness (QED) is 0.265. The lowest BCUT2D eigenvalue weighted by molar-refractivity contribution is -0.119. The summed E-state index contributed by atoms with van der Waals surface area (Å²) in [6.07, 6.45) is 11.2. The van der Waals surface area contributed by atoms with Crippen LogP contribution in [0.5, 0.6) is 0 Å². The third-order valence-corrected chi connectivity index (χ3v) is 5.12. The zero-order valence-corrected chi connectivity index (χ0v) is 19.7. The molecule has 33 heavy (non-hydrogen) atoms. The average Bonchev–Trinajstić information content (AvgIpc) is 3.20. The molecule has 0 atom stereocenters. The summed E-state index contributed by atoms with van der Waals surface area (Å²) < 4.78 is 9.90. The van der Waals surface area contributed by atoms with Crippen molar-refractivity contribution in [2.24, 2.45) is 0 Å². The van der Waals surface area contributed by atoms with Crippen LogP contribution in [-0.2, 0) is 14.3 Å². The lowest BCUT2D eigenvalue weighted by Gasteiger charge is -2.08. The Morgan fingerprint density at radius 1 is 0.909 bits per heavy atom. The van der Waals surface area contributed by atoms with E-state index in [1.807, 2.05) is 0 Å². The Morgan fingerprint density at radius 2 is 1.61 bits per heavy atom. The molecule has 0 aliphatic carbocycles. The Bertz CT molecular complexity index is 894. The van der Waals surface area contributed by atoms with Gasteiger partial charge in [-0.1, -0.05) is 69.5 Å². The van der Waals surface area contributed by atoms with Crippen molar-refractivity contribution in [1.82, 2.24) is 5.16 Å². The highest BCUT2D eigenvalue weighted by molar-refractivity contribution is 5.96. The van der Waals surface area contributed by atoms with Gasteiger partial charge in [-0.05, 0) is 31.5 Å². The third kappa shape index (κ3) is 10.8. The highest BCUT2D eigenvalue weighted by Crippen LogP contribution is 2.14. The first kappa shape index (κ1) is 26.1. The number of anilines is 2. The molecule has 0 aliphatic heterocycles. The monoisotopic (exact) mass is 457 g/mol. The third-order valence-electron chi connectivity index (χ3n) is 5.12. The number of aromatic nitrogens is 1. The lowest BCUT2D eigenvalue weighted by atomic mass is 10.1. The Labute approximate surface area is 195 Å². The molecule has 180 valence electrons. The number of hydrogen-bond acceptors (Lipinski definition) is 6. The van der Waals surface area contributed by atoms with Gasteiger partial charge in [0.25, 0.3) is 5.91 Å². The summed E-state index contributed by atoms with van der Waals surface area (Å²) in [5.41, 5.74) is 0.772. The van der Waals surface area contributed by atoms with E-state index >= 15 is 0 Å². The van der Waals surface area contributed by atoms with Gasteiger partial charge in [0.2, 0.25) is 5.91 Å². The highest BCUT2D eigenvalue weighted by Gasteiger charge is 2.13. The van der Waals surface area contributed by atoms with Crippen LogP contribution < -0.4 is 10.6 Å². The molecule has 0 bridgehead atoms. The number of rotatable bonds is 15. The van der Waals surface area contributed by atoms with Gasteiger partial charge in [0.1, 0.15) is 5.76 Å². The Balaban J connectivity index is 1.65. The molecule has 2 rings (SSSR count). The van der Waals surface area contributed by atoms with Crippen LogP contribution in [-0.4, -0.2) is 29.5 Å². The van der Waals surface area contributed by atoms with E-state index in [-0.39, 0.29) is 17.3 Å². The van der Waals surface area contributed by atoms with E-state index in [0.29, 0.717) is 17.9 Å². The van der Waals surface area contributed by atoms with Crippen LogP contribution in [0.3, 0.4) is 0 Å². The summed E-state index contributed by atoms with van der Waals surface area (Å²) >= 11 is 0. The number of carbonyl (C=O) groups excluding carboxylic acids is 3. The first-order chi connectivity index (χ1) is 16.0. The number of hydrogen-bond donors (Lipinski definition) is 2. The predicted molar refractivity (Wildman–Crippen MR) is 127 cm³/mol. The zero-order chi connectivity index (χ0) is 23.9. The minimum atomic E-state index is -0.656. The zero-order valence-electron chi connectivity index (χ0n) is 19.7. The van der Waals surface area contributed by atoms with Crippen LogP contribution >= 0.6 is 0 Å². The smallest absolute Gasteiger partial charge is 0.338 e. The summed E-state index contributed by atoms with van der Waals surface area (Å²) in [6, 6.07) is 8.03. The van der Waals surface area contributed by atoms with Gasteiger partial charge in [0.15, 0.2) is 12.4 Å². The maximum Gasteiger partial charge on any atom is 0.338 e. The van der Waals surface area contributed by atoms with Crippen molar-refractivity contribution in [3.05, 3.63) is 41.7 Å². The fourth-order valence-corrected chi connectivity index (χ4v) is 3.36. The van der Waals surface area contributed by atoms with E-state index in [0.717, 1.165) is 19.3 Å². The molecule has 1 aromatic carbocycles. The van der Waals surface area contributed by atoms with Crippen LogP contribution in [0.15, 0.2) is 34.9 Å². The first-order valence-electron chi connectivity index (χ1n) is 11.8. The van der Waals surface area contributed by atoms with Gasteiger partial charge in [0, 0.05) is 18.2 Å². The molecule has 8 heteroatoms. The SMILES string of the molecule is CCCCCCCCCCCC(=O)Nc1cccc(C(=O)OCC(=O)Nc2cc(C)on2)c1. The number of carbonyl (C=O) groups is 3. The van der Waals surface area contributed by atoms with Crippen molar-refractivity contribution in [2.75, 3.05) is 17.2 Å². The maximum atomic E-state index is 12.2. The van der Waals surface area contributed by atoms with E-state index in [4.69, 9.17) is 9.26 Å². The van der Waals surface area contributed by atoms with Crippen molar-refractivity contribution in [3.63, 3.8) is 0 Å². The molecule has 0 spiro atoms. The van der Waals surface area contributed by atoms with E-state index in [2.05, 4.69) is 22.7 Å². The van der Waals surface area contributed by atoms with Gasteiger partial charge in [-0.25, -0.2) is 4.79 Å². The second-order valence-corrected chi connectivity index (χ2v) is 8.15. The van der Waals surface area contributed by atoms with Crippen LogP contribution in [0.25, 0.3) is 0 Å². The van der Waals surface area contributed by atoms with E-state index in [1.165, 1.54) is 44.6 Å². The number of benzene rings is 1. The van der Waals surface area contributed by atoms with Gasteiger partial charge in [0.05, 0.1) is 5.56 Å². The Kier molecular flexibility index (Phi) is 11.7. The van der Waals surface area contributed by atoms with Gasteiger partial charge in [-0.3, -0.25) is 9.59 Å². The number of nitrogens with zero attached hydrogens (tertiary/aromatic N) is 1. The van der Waals surface area contributed by atoms with Crippen molar-refractivity contribution >= 4 is 29.3 Å². The molecule has 0 fully saturated rings. The minimum Gasteiger partial charge on any atom is -0.452 e. The summed E-state index contributed by atoms with van der Waals surface area (Å²) in [7, 11) is 0. The molecule has 0 saturated carbocycles. The molecule has 0 aliphatic rings. The molecule has 0 saturated heterocycles. The summed E-state index contributed by atoms with van der Waals surface area (Å²) in [6.45, 7) is 3.46. The summed E-state index contributed by atoms with van der Waals surface area (Å²) in [5, 5.41) is 8.93. The van der Waals surface area contributed by atoms with E-state index < -0.39 is 18.5 Å². The van der Waals surface area contributed by atoms with Gasteiger partial charge >= 0.3 is 5.97 Å². The van der Waals surface area contributed by atoms with Crippen molar-refractivity contribution in [2.45, 2.75) is 78.1 Å². The number of nitrogens with one attached hydrogen (secondary N) is 2. The molecule has 2 N–H and O–H groups in total. The topological polar surface area (TPSA) is 111 Å². The van der Waals surface area contributed by atoms with Crippen molar-refractivity contribution in [3.8, 4) is 0 Å². The standard InChI is InChI=1S/C25H35N3O5/c1-3-4-5-6-7-8-9-10-11-15-23(29)26-21-14-12-13-20(17-21)25(31)32-18-24(30)27-22-16-19(2)33-28-22/h12-14,16-17H,3-11,15,18H2,1-2H3,(H,26,29)(H,27,28,30). The second-order valence-electron chi connectivity index (χ2n) is 8.15.